The van der Waals surface area contributed by atoms with Gasteiger partial charge in [0, 0.05) is 0 Å². The van der Waals surface area contributed by atoms with Crippen LogP contribution in [0, 0.1) is 12.7 Å². The van der Waals surface area contributed by atoms with Gasteiger partial charge in [-0.05, 0) is 19.1 Å². The van der Waals surface area contributed by atoms with Crippen LogP contribution in [0.25, 0.3) is 31.8 Å². The Hall–Kier alpha value is -2.87. The van der Waals surface area contributed by atoms with Crippen LogP contribution in [0.2, 0.25) is 0 Å². The van der Waals surface area contributed by atoms with Gasteiger partial charge in [0.05, 0.1) is 22.2 Å². The van der Waals surface area contributed by atoms with Gasteiger partial charge in [-0.15, -0.1) is 11.3 Å². The summed E-state index contributed by atoms with van der Waals surface area (Å²) in [6.45, 7) is 1.74. The molecule has 0 aliphatic carbocycles. The number of aryl methyl sites for hydroxylation is 1. The molecule has 114 valence electrons. The van der Waals surface area contributed by atoms with Gasteiger partial charge in [-0.2, -0.15) is 0 Å². The van der Waals surface area contributed by atoms with Crippen LogP contribution < -0.4 is 11.2 Å². The number of halogens is 1. The summed E-state index contributed by atoms with van der Waals surface area (Å²) >= 11 is 1.14. The molecule has 4 aromatic rings. The maximum absolute atomic E-state index is 13.9. The third-order valence-electron chi connectivity index (χ3n) is 3.52. The van der Waals surface area contributed by atoms with Crippen molar-refractivity contribution in [2.75, 3.05) is 0 Å². The third-order valence-corrected chi connectivity index (χ3v) is 4.60. The molecule has 0 aliphatic rings. The molecule has 3 heterocycles. The van der Waals surface area contributed by atoms with Crippen LogP contribution in [0.3, 0.4) is 0 Å². The van der Waals surface area contributed by atoms with Gasteiger partial charge >= 0.3 is 5.69 Å². The number of benzene rings is 1. The van der Waals surface area contributed by atoms with E-state index in [2.05, 4.69) is 19.9 Å². The Kier molecular flexibility index (Phi) is 2.88. The van der Waals surface area contributed by atoms with Crippen molar-refractivity contribution in [1.82, 2.24) is 19.9 Å². The third kappa shape index (κ3) is 2.07. The quantitative estimate of drug-likeness (QED) is 0.561. The highest BCUT2D eigenvalue weighted by Crippen LogP contribution is 2.32. The molecule has 0 aliphatic heterocycles. The van der Waals surface area contributed by atoms with Crippen LogP contribution in [-0.2, 0) is 0 Å². The van der Waals surface area contributed by atoms with E-state index in [0.717, 1.165) is 11.3 Å². The largest absolute Gasteiger partial charge is 0.326 e. The minimum Gasteiger partial charge on any atom is -0.305 e. The molecular formula is C15H9FN4O2S. The van der Waals surface area contributed by atoms with Gasteiger partial charge in [-0.25, -0.2) is 19.2 Å². The molecule has 4 rings (SSSR count). The maximum Gasteiger partial charge on any atom is 0.326 e. The van der Waals surface area contributed by atoms with Gasteiger partial charge in [0.1, 0.15) is 15.3 Å². The molecule has 23 heavy (non-hydrogen) atoms. The lowest BCUT2D eigenvalue weighted by Crippen LogP contribution is -2.20. The lowest BCUT2D eigenvalue weighted by Gasteiger charge is -2.04. The van der Waals surface area contributed by atoms with E-state index in [9.17, 15) is 14.0 Å². The topological polar surface area (TPSA) is 91.5 Å². The number of aromatic amines is 2. The predicted molar refractivity (Wildman–Crippen MR) is 86.3 cm³/mol. The Balaban J connectivity index is 2.12. The summed E-state index contributed by atoms with van der Waals surface area (Å²) in [5, 5.41) is 0.605. The number of rotatable bonds is 1. The molecule has 0 fully saturated rings. The number of nitrogens with one attached hydrogen (secondary N) is 2. The van der Waals surface area contributed by atoms with Crippen molar-refractivity contribution in [2.45, 2.75) is 6.92 Å². The average molecular weight is 328 g/mol. The summed E-state index contributed by atoms with van der Waals surface area (Å²) in [4.78, 5) is 37.4. The zero-order chi connectivity index (χ0) is 16.1. The molecular weight excluding hydrogens is 319 g/mol. The zero-order valence-corrected chi connectivity index (χ0v) is 12.6. The first-order valence-electron chi connectivity index (χ1n) is 6.73. The number of fused-ring (bicyclic) bond motifs is 3. The molecule has 0 saturated carbocycles. The fourth-order valence-electron chi connectivity index (χ4n) is 2.52. The van der Waals surface area contributed by atoms with Crippen molar-refractivity contribution in [2.24, 2.45) is 0 Å². The fraction of sp³-hybridized carbons (Fsp3) is 0.0667. The second-order valence-corrected chi connectivity index (χ2v) is 6.01. The van der Waals surface area contributed by atoms with Gasteiger partial charge in [0.15, 0.2) is 5.82 Å². The molecule has 0 atom stereocenters. The van der Waals surface area contributed by atoms with E-state index in [0.29, 0.717) is 26.1 Å². The number of hydrogen-bond acceptors (Lipinski definition) is 5. The van der Waals surface area contributed by atoms with E-state index in [1.165, 1.54) is 6.07 Å². The first-order valence-corrected chi connectivity index (χ1v) is 7.54. The van der Waals surface area contributed by atoms with Crippen molar-refractivity contribution in [3.05, 3.63) is 56.6 Å². The van der Waals surface area contributed by atoms with E-state index in [1.807, 2.05) is 0 Å². The average Bonchev–Trinajstić information content (AvgIpc) is 2.87. The Morgan fingerprint density at radius 3 is 2.70 bits per heavy atom. The number of thiophene rings is 1. The van der Waals surface area contributed by atoms with Crippen molar-refractivity contribution < 1.29 is 4.39 Å². The Labute approximate surface area is 131 Å². The molecule has 0 bridgehead atoms. The van der Waals surface area contributed by atoms with Gasteiger partial charge in [0.2, 0.25) is 0 Å². The highest BCUT2D eigenvalue weighted by Gasteiger charge is 2.16. The summed E-state index contributed by atoms with van der Waals surface area (Å²) in [7, 11) is 0. The number of hydrogen-bond donors (Lipinski definition) is 2. The molecule has 0 radical (unpaired) electrons. The molecule has 2 N–H and O–H groups in total. The normalized spacial score (nSPS) is 11.4. The molecule has 8 heteroatoms. The molecule has 0 saturated heterocycles. The number of aromatic nitrogens is 4. The summed E-state index contributed by atoms with van der Waals surface area (Å²) in [6.07, 6.45) is 0. The minimum absolute atomic E-state index is 0.249. The molecule has 0 unspecified atom stereocenters. The van der Waals surface area contributed by atoms with Gasteiger partial charge < -0.3 is 4.98 Å². The summed E-state index contributed by atoms with van der Waals surface area (Å²) < 4.78 is 14.3. The Bertz CT molecular complexity index is 1190. The van der Waals surface area contributed by atoms with E-state index in [-0.39, 0.29) is 11.4 Å². The SMILES string of the molecule is Cc1nc(-c2ccccc2F)nc2sc3c(=O)[nH]c(=O)[nH]c3c12. The van der Waals surface area contributed by atoms with E-state index >= 15 is 0 Å². The molecule has 0 amide bonds. The maximum atomic E-state index is 13.9. The van der Waals surface area contributed by atoms with E-state index in [4.69, 9.17) is 0 Å². The molecule has 6 nitrogen and oxygen atoms in total. The van der Waals surface area contributed by atoms with Crippen LogP contribution in [0.15, 0.2) is 33.9 Å². The van der Waals surface area contributed by atoms with Gasteiger partial charge in [-0.3, -0.25) is 9.78 Å². The van der Waals surface area contributed by atoms with Crippen LogP contribution in [0.4, 0.5) is 4.39 Å². The minimum atomic E-state index is -0.584. The highest BCUT2D eigenvalue weighted by atomic mass is 32.1. The summed E-state index contributed by atoms with van der Waals surface area (Å²) in [5.74, 6) is -0.169. The number of nitrogens with zero attached hydrogens (tertiary/aromatic N) is 2. The van der Waals surface area contributed by atoms with Crippen molar-refractivity contribution in [1.29, 1.82) is 0 Å². The Morgan fingerprint density at radius 1 is 1.13 bits per heavy atom. The monoisotopic (exact) mass is 328 g/mol. The summed E-state index contributed by atoms with van der Waals surface area (Å²) in [6, 6.07) is 6.23. The van der Waals surface area contributed by atoms with Crippen molar-refractivity contribution >= 4 is 31.8 Å². The smallest absolute Gasteiger partial charge is 0.305 e. The standard InChI is InChI=1S/C15H9FN4O2S/c1-6-9-10-11(13(21)20-15(22)18-10)23-14(9)19-12(17-6)7-4-2-3-5-8(7)16/h2-5H,1H3,(H2,18,20,21,22). The van der Waals surface area contributed by atoms with Crippen LogP contribution in [-0.4, -0.2) is 19.9 Å². The van der Waals surface area contributed by atoms with Crippen LogP contribution in [0.5, 0.6) is 0 Å². The predicted octanol–water partition coefficient (Wildman–Crippen LogP) is 2.34. The van der Waals surface area contributed by atoms with Crippen LogP contribution in [0.1, 0.15) is 5.69 Å². The zero-order valence-electron chi connectivity index (χ0n) is 11.8. The first kappa shape index (κ1) is 13.8. The van der Waals surface area contributed by atoms with Gasteiger partial charge in [0.25, 0.3) is 5.56 Å². The van der Waals surface area contributed by atoms with E-state index < -0.39 is 17.1 Å². The van der Waals surface area contributed by atoms with Crippen molar-refractivity contribution in [3.8, 4) is 11.4 Å². The second kappa shape index (κ2) is 4.82. The second-order valence-electron chi connectivity index (χ2n) is 5.01. The molecule has 0 spiro atoms. The first-order chi connectivity index (χ1) is 11.0. The lowest BCUT2D eigenvalue weighted by molar-refractivity contribution is 0.630. The summed E-state index contributed by atoms with van der Waals surface area (Å²) in [5.41, 5.74) is 0.216. The lowest BCUT2D eigenvalue weighted by atomic mass is 10.2. The number of H-pyrrole nitrogens is 2. The van der Waals surface area contributed by atoms with Crippen molar-refractivity contribution in [3.63, 3.8) is 0 Å². The molecule has 1 aromatic carbocycles. The fourth-order valence-corrected chi connectivity index (χ4v) is 3.59. The van der Waals surface area contributed by atoms with E-state index in [1.54, 1.807) is 25.1 Å². The Morgan fingerprint density at radius 2 is 1.91 bits per heavy atom. The van der Waals surface area contributed by atoms with Crippen LogP contribution >= 0.6 is 11.3 Å². The molecule has 3 aromatic heterocycles. The van der Waals surface area contributed by atoms with Gasteiger partial charge in [-0.1, -0.05) is 12.1 Å². The highest BCUT2D eigenvalue weighted by molar-refractivity contribution is 7.25.